The molecule has 4 saturated carbocycles. The number of nitrogens with zero attached hydrogens (tertiary/aromatic N) is 4. The van der Waals surface area contributed by atoms with E-state index in [0.717, 1.165) is 104 Å². The summed E-state index contributed by atoms with van der Waals surface area (Å²) in [4.78, 5) is 66.0. The third-order valence-electron chi connectivity index (χ3n) is 18.0. The molecule has 75 heavy (non-hydrogen) atoms. The number of carbonyl (C=O) groups excluding carboxylic acids is 3. The highest BCUT2D eigenvalue weighted by Gasteiger charge is 2.47. The third-order valence-corrected chi connectivity index (χ3v) is 18.0. The minimum Gasteiger partial charge on any atom is -0.502 e. The summed E-state index contributed by atoms with van der Waals surface area (Å²) >= 11 is 0. The zero-order valence-corrected chi connectivity index (χ0v) is 44.9. The van der Waals surface area contributed by atoms with E-state index in [-0.39, 0.29) is 18.0 Å². The van der Waals surface area contributed by atoms with Crippen LogP contribution in [0.2, 0.25) is 0 Å². The molecule has 16 nitrogen and oxygen atoms in total. The van der Waals surface area contributed by atoms with Gasteiger partial charge in [-0.1, -0.05) is 75.6 Å². The summed E-state index contributed by atoms with van der Waals surface area (Å²) in [5.41, 5.74) is 10.1. The molecule has 0 spiro atoms. The van der Waals surface area contributed by atoms with Crippen LogP contribution in [0.25, 0.3) is 11.0 Å². The van der Waals surface area contributed by atoms with Gasteiger partial charge in [-0.15, -0.1) is 0 Å². The molecule has 3 aromatic rings. The van der Waals surface area contributed by atoms with Crippen molar-refractivity contribution in [2.75, 3.05) is 32.4 Å². The van der Waals surface area contributed by atoms with Crippen molar-refractivity contribution in [2.24, 2.45) is 23.7 Å². The number of nitrogens with one attached hydrogen (secondary N) is 1. The number of carboxylic acid groups (broad SMARTS) is 1. The minimum atomic E-state index is -0.976. The van der Waals surface area contributed by atoms with Gasteiger partial charge in [0.15, 0.2) is 0 Å². The van der Waals surface area contributed by atoms with Crippen molar-refractivity contribution >= 4 is 46.3 Å². The number of aromatic nitrogens is 2. The van der Waals surface area contributed by atoms with Gasteiger partial charge in [-0.05, 0) is 138 Å². The van der Waals surface area contributed by atoms with Crippen LogP contribution in [0.3, 0.4) is 0 Å². The van der Waals surface area contributed by atoms with Gasteiger partial charge < -0.3 is 40.0 Å². The van der Waals surface area contributed by atoms with Crippen molar-refractivity contribution in [3.63, 3.8) is 0 Å². The molecule has 4 saturated heterocycles. The Morgan fingerprint density at radius 3 is 1.60 bits per heavy atom. The third kappa shape index (κ3) is 14.1. The fourth-order valence-corrected chi connectivity index (χ4v) is 15.3. The van der Waals surface area contributed by atoms with Gasteiger partial charge in [0.25, 0.3) is 11.5 Å². The van der Waals surface area contributed by atoms with Gasteiger partial charge in [0.1, 0.15) is 5.69 Å². The second-order valence-corrected chi connectivity index (χ2v) is 23.0. The van der Waals surface area contributed by atoms with E-state index in [1.54, 1.807) is 0 Å². The van der Waals surface area contributed by atoms with Gasteiger partial charge in [0.2, 0.25) is 5.76 Å². The molecule has 410 valence electrons. The van der Waals surface area contributed by atoms with E-state index in [2.05, 4.69) is 41.7 Å². The number of hydrogen-bond acceptors (Lipinski definition) is 14. The van der Waals surface area contributed by atoms with Crippen molar-refractivity contribution < 1.29 is 43.6 Å². The number of piperidine rings is 4. The van der Waals surface area contributed by atoms with E-state index in [1.807, 2.05) is 41.0 Å². The summed E-state index contributed by atoms with van der Waals surface area (Å²) in [6.45, 7) is 1.08. The first-order valence-corrected chi connectivity index (χ1v) is 28.2. The quantitative estimate of drug-likeness (QED) is 0.0516. The van der Waals surface area contributed by atoms with Crippen LogP contribution in [-0.4, -0.2) is 117 Å². The highest BCUT2D eigenvalue weighted by atomic mass is 16.5. The molecular formula is C59H84N6O10. The first kappa shape index (κ1) is 55.7. The maximum absolute atomic E-state index is 13.6. The molecule has 8 fully saturated rings. The molecule has 11 rings (SSSR count). The van der Waals surface area contributed by atoms with E-state index < -0.39 is 29.6 Å². The van der Waals surface area contributed by atoms with Crippen LogP contribution in [0.1, 0.15) is 160 Å². The molecule has 0 radical (unpaired) electrons. The number of nitrogen functional groups attached to an aromatic ring is 1. The topological polar surface area (TPSA) is 216 Å². The van der Waals surface area contributed by atoms with Crippen molar-refractivity contribution in [2.45, 2.75) is 203 Å². The number of methoxy groups -OCH3 is 3. The maximum Gasteiger partial charge on any atom is 0.373 e. The molecule has 16 heteroatoms. The normalized spacial score (nSPS) is 31.0. The number of benzene rings is 2. The lowest BCUT2D eigenvalue weighted by molar-refractivity contribution is -0.141. The zero-order chi connectivity index (χ0) is 53.2. The summed E-state index contributed by atoms with van der Waals surface area (Å²) in [6.07, 6.45) is 30.8. The first-order valence-electron chi connectivity index (χ1n) is 28.2. The molecule has 6 unspecified atom stereocenters. The van der Waals surface area contributed by atoms with Gasteiger partial charge >= 0.3 is 17.9 Å². The molecule has 8 aliphatic rings. The molecule has 0 amide bonds. The number of rotatable bonds is 9. The Morgan fingerprint density at radius 1 is 0.627 bits per heavy atom. The molecule has 5 N–H and O–H groups in total. The summed E-state index contributed by atoms with van der Waals surface area (Å²) in [5.74, 6) is 0.122. The molecule has 1 aromatic heterocycles. The average molecular weight is 1040 g/mol. The Bertz CT molecular complexity index is 2480. The minimum absolute atomic E-state index is 0.0727. The van der Waals surface area contributed by atoms with Crippen LogP contribution < -0.4 is 16.6 Å². The molecule has 8 bridgehead atoms. The van der Waals surface area contributed by atoms with E-state index in [1.165, 1.54) is 136 Å². The maximum atomic E-state index is 13.6. The number of anilines is 2. The second-order valence-electron chi connectivity index (χ2n) is 23.0. The highest BCUT2D eigenvalue weighted by Crippen LogP contribution is 2.49. The number of esters is 3. The van der Waals surface area contributed by atoms with Crippen LogP contribution in [0.15, 0.2) is 65.2 Å². The Balaban J connectivity index is 0.000000161. The van der Waals surface area contributed by atoms with Crippen LogP contribution in [0, 0.1) is 23.7 Å². The van der Waals surface area contributed by atoms with Gasteiger partial charge in [-0.25, -0.2) is 14.6 Å². The van der Waals surface area contributed by atoms with Crippen molar-refractivity contribution in [1.29, 1.82) is 0 Å². The molecule has 4 aliphatic carbocycles. The van der Waals surface area contributed by atoms with Crippen molar-refractivity contribution in [3.05, 3.63) is 76.4 Å². The smallest absolute Gasteiger partial charge is 0.373 e. The van der Waals surface area contributed by atoms with Gasteiger partial charge in [-0.2, -0.15) is 0 Å². The Hall–Kier alpha value is -5.48. The van der Waals surface area contributed by atoms with Gasteiger partial charge in [0, 0.05) is 55.3 Å². The Kier molecular flexibility index (Phi) is 19.4. The van der Waals surface area contributed by atoms with E-state index in [9.17, 15) is 19.2 Å². The number of aliphatic hydroxyl groups excluding tert-OH is 1. The number of fused-ring (bicyclic) bond motifs is 9. The fraction of sp³-hybridized carbons (Fsp3) is 0.661. The largest absolute Gasteiger partial charge is 0.502 e. The summed E-state index contributed by atoms with van der Waals surface area (Å²) in [7, 11) is 3.57. The monoisotopic (exact) mass is 1040 g/mol. The number of carbonyl (C=O) groups is 4. The fourth-order valence-electron chi connectivity index (χ4n) is 15.3. The summed E-state index contributed by atoms with van der Waals surface area (Å²) in [5, 5.41) is 19.9. The lowest BCUT2D eigenvalue weighted by atomic mass is 9.68. The second kappa shape index (κ2) is 26.0. The Morgan fingerprint density at radius 2 is 1.11 bits per heavy atom. The predicted octanol–water partition coefficient (Wildman–Crippen LogP) is 9.54. The van der Waals surface area contributed by atoms with Gasteiger partial charge in [0.05, 0.1) is 56.2 Å². The molecule has 5 heterocycles. The number of aliphatic hydroxyl groups is 1. The molecule has 10 atom stereocenters. The number of hydrogen-bond donors (Lipinski definition) is 4. The summed E-state index contributed by atoms with van der Waals surface area (Å²) in [6, 6.07) is 21.3. The van der Waals surface area contributed by atoms with Gasteiger partial charge in [-0.3, -0.25) is 24.2 Å². The Labute approximate surface area is 443 Å². The summed E-state index contributed by atoms with van der Waals surface area (Å²) < 4.78 is 15.1. The van der Waals surface area contributed by atoms with Crippen molar-refractivity contribution in [1.82, 2.24) is 19.4 Å². The number of nitrogens with two attached hydrogens (primary N) is 1. The zero-order valence-electron chi connectivity index (χ0n) is 44.9. The van der Waals surface area contributed by atoms with E-state index in [4.69, 9.17) is 25.5 Å². The first-order chi connectivity index (χ1) is 36.2. The van der Waals surface area contributed by atoms with E-state index in [0.29, 0.717) is 29.9 Å². The van der Waals surface area contributed by atoms with Crippen LogP contribution in [0.5, 0.6) is 0 Å². The lowest BCUT2D eigenvalue weighted by Crippen LogP contribution is -2.60. The molecular weight excluding hydrogens is 953 g/mol. The van der Waals surface area contributed by atoms with Crippen LogP contribution in [-0.2, 0) is 39.8 Å². The van der Waals surface area contributed by atoms with Crippen molar-refractivity contribution in [3.8, 4) is 0 Å². The van der Waals surface area contributed by atoms with E-state index >= 15 is 0 Å². The standard InChI is InChI=1S/C28H37N3O3.C23H35N3.C6H8O5.C2H4O2/c1-34-27(32)17-25-28(33)31(26-11-3-2-10-24(26)29-25)23-15-20-8-5-9-21(16-23)30(20)22-13-18-6-4-7-19(12-18)14-22;24-22-9-1-2-10-23(22)25-18-14-19-7-4-8-20(15-18)26(19)21-12-16-5-3-6-17(11-16)13-21;1-10-5(8)3-4(7)6(9)11-2;1-2(3)4/h2-3,10-11,18-23H,4-9,12-17H2,1H3;1-2,9-10,16-21,25H,3-8,11-15,24H2;3,7H,1-2H3;1H3,(H,3,4)/b;;4-3-;/t18?,19?,20-,21+,22?,23?;16?,17?,18?,19-,20+,21?;;. The van der Waals surface area contributed by atoms with Crippen LogP contribution >= 0.6 is 0 Å². The predicted molar refractivity (Wildman–Crippen MR) is 289 cm³/mol. The highest BCUT2D eigenvalue weighted by molar-refractivity contribution is 5.94. The molecule has 2 aromatic carbocycles. The number of ether oxygens (including phenoxy) is 3. The lowest BCUT2D eigenvalue weighted by Gasteiger charge is -2.55. The number of aliphatic carboxylic acids is 1. The van der Waals surface area contributed by atoms with Crippen LogP contribution in [0.4, 0.5) is 11.4 Å². The average Bonchev–Trinajstić information content (AvgIpc) is 3.38. The number of carboxylic acids is 1. The number of para-hydroxylation sites is 4. The molecule has 4 aliphatic heterocycles. The SMILES string of the molecule is CC(=O)O.COC(=O)/C=C(\O)C(=O)OC.COC(=O)Cc1nc2ccccc2n(C2C[C@H]3CCC[C@@H](C2)N3C2CC3CCCC(C3)C2)c1=O.Nc1ccccc1NC1C[C@H]2CCC[C@@H](C1)N2C1CC2CCCC(C2)C1.